The van der Waals surface area contributed by atoms with Gasteiger partial charge in [-0.3, -0.25) is 4.90 Å². The normalized spacial score (nSPS) is 30.9. The highest BCUT2D eigenvalue weighted by Gasteiger charge is 2.20. The molecule has 0 aromatic carbocycles. The predicted molar refractivity (Wildman–Crippen MR) is 43.9 cm³/mol. The minimum atomic E-state index is 0.334. The molecular formula is C8H18N2. The summed E-state index contributed by atoms with van der Waals surface area (Å²) in [5, 5.41) is 0. The highest BCUT2D eigenvalue weighted by atomic mass is 15.2. The van der Waals surface area contributed by atoms with Crippen LogP contribution >= 0.6 is 0 Å². The molecule has 2 heteroatoms. The molecule has 1 saturated heterocycles. The molecule has 1 rings (SSSR count). The van der Waals surface area contributed by atoms with Gasteiger partial charge in [0.15, 0.2) is 0 Å². The van der Waals surface area contributed by atoms with Crippen LogP contribution in [0.25, 0.3) is 0 Å². The van der Waals surface area contributed by atoms with Gasteiger partial charge in [-0.1, -0.05) is 0 Å². The summed E-state index contributed by atoms with van der Waals surface area (Å²) in [7, 11) is 0. The van der Waals surface area contributed by atoms with Crippen LogP contribution in [-0.4, -0.2) is 30.1 Å². The van der Waals surface area contributed by atoms with Crippen molar-refractivity contribution in [2.45, 2.75) is 38.8 Å². The maximum absolute atomic E-state index is 5.69. The Morgan fingerprint density at radius 2 is 2.40 bits per heavy atom. The number of likely N-dealkylation sites (tertiary alicyclic amines) is 1. The van der Waals surface area contributed by atoms with E-state index in [0.29, 0.717) is 6.04 Å². The predicted octanol–water partition coefficient (Wildman–Crippen LogP) is 0.818. The van der Waals surface area contributed by atoms with E-state index in [2.05, 4.69) is 18.7 Å². The van der Waals surface area contributed by atoms with Crippen LogP contribution < -0.4 is 5.73 Å². The van der Waals surface area contributed by atoms with Crippen molar-refractivity contribution in [1.82, 2.24) is 4.90 Å². The van der Waals surface area contributed by atoms with Crippen molar-refractivity contribution in [1.29, 1.82) is 0 Å². The van der Waals surface area contributed by atoms with Gasteiger partial charge in [0.05, 0.1) is 0 Å². The Morgan fingerprint density at radius 1 is 1.70 bits per heavy atom. The van der Waals surface area contributed by atoms with Crippen LogP contribution in [0, 0.1) is 0 Å². The van der Waals surface area contributed by atoms with Gasteiger partial charge in [-0.2, -0.15) is 0 Å². The van der Waals surface area contributed by atoms with Gasteiger partial charge < -0.3 is 5.73 Å². The van der Waals surface area contributed by atoms with E-state index in [9.17, 15) is 0 Å². The van der Waals surface area contributed by atoms with Crippen molar-refractivity contribution in [2.75, 3.05) is 13.1 Å². The standard InChI is InChI=1S/C8H18N2/c1-7(9)6-10-5-3-4-8(10)2/h7-8H,3-6,9H2,1-2H3/t7-,8?/m0/s1. The molecule has 1 unspecified atom stereocenters. The van der Waals surface area contributed by atoms with Crippen LogP contribution in [0.2, 0.25) is 0 Å². The molecule has 0 radical (unpaired) electrons. The SMILES string of the molecule is CC1CCCN1C[C@H](C)N. The highest BCUT2D eigenvalue weighted by molar-refractivity contribution is 4.77. The second-order valence-corrected chi connectivity index (χ2v) is 3.46. The molecule has 0 bridgehead atoms. The Hall–Kier alpha value is -0.0800. The molecule has 0 spiro atoms. The van der Waals surface area contributed by atoms with Crippen molar-refractivity contribution in [2.24, 2.45) is 5.73 Å². The first-order valence-electron chi connectivity index (χ1n) is 4.20. The largest absolute Gasteiger partial charge is 0.327 e. The van der Waals surface area contributed by atoms with Gasteiger partial charge in [0, 0.05) is 18.6 Å². The minimum absolute atomic E-state index is 0.334. The maximum Gasteiger partial charge on any atom is 0.0139 e. The molecule has 0 aromatic heterocycles. The van der Waals surface area contributed by atoms with Crippen molar-refractivity contribution in [3.63, 3.8) is 0 Å². The van der Waals surface area contributed by atoms with Crippen LogP contribution in [0.3, 0.4) is 0 Å². The molecule has 0 saturated carbocycles. The van der Waals surface area contributed by atoms with Gasteiger partial charge in [-0.25, -0.2) is 0 Å². The second-order valence-electron chi connectivity index (χ2n) is 3.46. The number of nitrogens with two attached hydrogens (primary N) is 1. The van der Waals surface area contributed by atoms with E-state index >= 15 is 0 Å². The second kappa shape index (κ2) is 3.35. The topological polar surface area (TPSA) is 29.3 Å². The zero-order valence-electron chi connectivity index (χ0n) is 7.01. The maximum atomic E-state index is 5.69. The monoisotopic (exact) mass is 142 g/mol. The first-order valence-corrected chi connectivity index (χ1v) is 4.20. The van der Waals surface area contributed by atoms with Gasteiger partial charge in [0.25, 0.3) is 0 Å². The highest BCUT2D eigenvalue weighted by Crippen LogP contribution is 2.15. The lowest BCUT2D eigenvalue weighted by Gasteiger charge is -2.22. The third-order valence-electron chi connectivity index (χ3n) is 2.21. The first kappa shape index (κ1) is 8.02. The zero-order valence-corrected chi connectivity index (χ0v) is 7.01. The van der Waals surface area contributed by atoms with Gasteiger partial charge in [0.1, 0.15) is 0 Å². The lowest BCUT2D eigenvalue weighted by atomic mass is 10.2. The Balaban J connectivity index is 2.26. The lowest BCUT2D eigenvalue weighted by molar-refractivity contribution is 0.256. The molecule has 1 aliphatic heterocycles. The molecule has 2 atom stereocenters. The summed E-state index contributed by atoms with van der Waals surface area (Å²) >= 11 is 0. The minimum Gasteiger partial charge on any atom is -0.327 e. The average Bonchev–Trinajstić information content (AvgIpc) is 2.15. The van der Waals surface area contributed by atoms with Crippen LogP contribution in [0.15, 0.2) is 0 Å². The fourth-order valence-corrected chi connectivity index (χ4v) is 1.63. The molecule has 2 N–H and O–H groups in total. The van der Waals surface area contributed by atoms with E-state index in [4.69, 9.17) is 5.73 Å². The molecule has 1 heterocycles. The summed E-state index contributed by atoms with van der Waals surface area (Å²) in [5.74, 6) is 0. The molecule has 60 valence electrons. The Labute approximate surface area is 63.4 Å². The molecule has 2 nitrogen and oxygen atoms in total. The molecule has 0 amide bonds. The van der Waals surface area contributed by atoms with E-state index in [1.165, 1.54) is 19.4 Å². The molecule has 1 aliphatic rings. The fraction of sp³-hybridized carbons (Fsp3) is 1.00. The van der Waals surface area contributed by atoms with Gasteiger partial charge in [0.2, 0.25) is 0 Å². The summed E-state index contributed by atoms with van der Waals surface area (Å²) in [6, 6.07) is 1.10. The van der Waals surface area contributed by atoms with Crippen LogP contribution in [0.4, 0.5) is 0 Å². The van der Waals surface area contributed by atoms with Crippen molar-refractivity contribution in [3.05, 3.63) is 0 Å². The third-order valence-corrected chi connectivity index (χ3v) is 2.21. The van der Waals surface area contributed by atoms with Crippen LogP contribution in [0.1, 0.15) is 26.7 Å². The van der Waals surface area contributed by atoms with E-state index in [0.717, 1.165) is 12.6 Å². The summed E-state index contributed by atoms with van der Waals surface area (Å²) in [6.07, 6.45) is 2.71. The Kier molecular flexibility index (Phi) is 2.69. The third kappa shape index (κ3) is 1.96. The number of hydrogen-bond donors (Lipinski definition) is 1. The van der Waals surface area contributed by atoms with Crippen LogP contribution in [-0.2, 0) is 0 Å². The molecule has 10 heavy (non-hydrogen) atoms. The molecule has 0 aliphatic carbocycles. The average molecular weight is 142 g/mol. The first-order chi connectivity index (χ1) is 4.70. The smallest absolute Gasteiger partial charge is 0.0139 e. The van der Waals surface area contributed by atoms with Crippen molar-refractivity contribution < 1.29 is 0 Å². The summed E-state index contributed by atoms with van der Waals surface area (Å²) < 4.78 is 0. The van der Waals surface area contributed by atoms with E-state index in [1.54, 1.807) is 0 Å². The van der Waals surface area contributed by atoms with Crippen LogP contribution in [0.5, 0.6) is 0 Å². The van der Waals surface area contributed by atoms with Crippen molar-refractivity contribution >= 4 is 0 Å². The summed E-state index contributed by atoms with van der Waals surface area (Å²) in [4.78, 5) is 2.48. The number of nitrogens with zero attached hydrogens (tertiary/aromatic N) is 1. The van der Waals surface area contributed by atoms with Gasteiger partial charge >= 0.3 is 0 Å². The number of rotatable bonds is 2. The number of hydrogen-bond acceptors (Lipinski definition) is 2. The zero-order chi connectivity index (χ0) is 7.56. The van der Waals surface area contributed by atoms with Gasteiger partial charge in [-0.05, 0) is 33.2 Å². The molecule has 1 fully saturated rings. The molecule has 0 aromatic rings. The summed E-state index contributed by atoms with van der Waals surface area (Å²) in [6.45, 7) is 6.68. The molecular weight excluding hydrogens is 124 g/mol. The van der Waals surface area contributed by atoms with E-state index < -0.39 is 0 Å². The Bertz CT molecular complexity index is 101. The quantitative estimate of drug-likeness (QED) is 0.618. The summed E-state index contributed by atoms with van der Waals surface area (Å²) in [5.41, 5.74) is 5.69. The van der Waals surface area contributed by atoms with Crippen molar-refractivity contribution in [3.8, 4) is 0 Å². The van der Waals surface area contributed by atoms with E-state index in [1.807, 2.05) is 0 Å². The Morgan fingerprint density at radius 3 is 2.80 bits per heavy atom. The van der Waals surface area contributed by atoms with Gasteiger partial charge in [-0.15, -0.1) is 0 Å². The lowest BCUT2D eigenvalue weighted by Crippen LogP contribution is -2.37. The van der Waals surface area contributed by atoms with E-state index in [-0.39, 0.29) is 0 Å². The fourth-order valence-electron chi connectivity index (χ4n) is 1.63.